The number of likely N-dealkylation sites (N-methyl/N-ethyl adjacent to an activating group) is 1. The van der Waals surface area contributed by atoms with E-state index in [9.17, 15) is 9.59 Å². The molecule has 6 heteroatoms. The van der Waals surface area contributed by atoms with Crippen LogP contribution in [-0.2, 0) is 9.59 Å². The van der Waals surface area contributed by atoms with Gasteiger partial charge in [0.05, 0.1) is 6.54 Å². The molecule has 0 aromatic heterocycles. The minimum Gasteiger partial charge on any atom is -0.357 e. The molecule has 2 amide bonds. The van der Waals surface area contributed by atoms with Crippen molar-refractivity contribution >= 4 is 24.2 Å². The van der Waals surface area contributed by atoms with Gasteiger partial charge in [-0.2, -0.15) is 0 Å². The largest absolute Gasteiger partial charge is 0.357 e. The maximum Gasteiger partial charge on any atom is 0.242 e. The van der Waals surface area contributed by atoms with Crippen LogP contribution >= 0.6 is 12.4 Å². The summed E-state index contributed by atoms with van der Waals surface area (Å²) in [7, 11) is 1.51. The molecule has 0 aliphatic rings. The number of rotatable bonds is 3. The Morgan fingerprint density at radius 2 is 2.00 bits per heavy atom. The molecule has 0 fully saturated rings. The van der Waals surface area contributed by atoms with Crippen LogP contribution in [0.1, 0.15) is 6.92 Å². The van der Waals surface area contributed by atoms with Crippen molar-refractivity contribution in [2.24, 2.45) is 5.73 Å². The monoisotopic (exact) mass is 195 g/mol. The lowest BCUT2D eigenvalue weighted by atomic mass is 10.3. The number of halogens is 1. The van der Waals surface area contributed by atoms with Gasteiger partial charge in [-0.3, -0.25) is 9.59 Å². The van der Waals surface area contributed by atoms with Gasteiger partial charge in [-0.05, 0) is 6.92 Å². The van der Waals surface area contributed by atoms with Gasteiger partial charge >= 0.3 is 0 Å². The second-order valence-corrected chi connectivity index (χ2v) is 2.11. The second-order valence-electron chi connectivity index (χ2n) is 2.11. The van der Waals surface area contributed by atoms with Gasteiger partial charge in [-0.25, -0.2) is 0 Å². The first-order valence-electron chi connectivity index (χ1n) is 3.32. The molecule has 4 N–H and O–H groups in total. The van der Waals surface area contributed by atoms with Gasteiger partial charge < -0.3 is 16.4 Å². The summed E-state index contributed by atoms with van der Waals surface area (Å²) in [6, 6.07) is -0.518. The smallest absolute Gasteiger partial charge is 0.242 e. The molecule has 0 saturated carbocycles. The predicted octanol–water partition coefficient (Wildman–Crippen LogP) is -1.38. The molecule has 0 aromatic rings. The van der Waals surface area contributed by atoms with E-state index in [2.05, 4.69) is 10.6 Å². The number of carbonyl (C=O) groups excluding carboxylic acids is 2. The summed E-state index contributed by atoms with van der Waals surface area (Å²) in [6.07, 6.45) is 0. The third kappa shape index (κ3) is 4.92. The van der Waals surface area contributed by atoms with E-state index in [0.717, 1.165) is 0 Å². The molecule has 0 spiro atoms. The van der Waals surface area contributed by atoms with Crippen molar-refractivity contribution in [3.05, 3.63) is 0 Å². The van der Waals surface area contributed by atoms with Crippen molar-refractivity contribution in [2.45, 2.75) is 13.0 Å². The van der Waals surface area contributed by atoms with E-state index in [4.69, 9.17) is 5.73 Å². The van der Waals surface area contributed by atoms with Gasteiger partial charge in [0.1, 0.15) is 6.04 Å². The lowest BCUT2D eigenvalue weighted by molar-refractivity contribution is -0.127. The standard InChI is InChI=1S/C6H13N3O2.ClH/c1-4(6(11)8-2)9-5(10)3-7;/h4H,3,7H2,1-2H3,(H,8,11)(H,9,10);1H/t4-;/m1./s1. The molecule has 72 valence electrons. The van der Waals surface area contributed by atoms with Crippen molar-refractivity contribution in [1.82, 2.24) is 10.6 Å². The van der Waals surface area contributed by atoms with Crippen molar-refractivity contribution < 1.29 is 9.59 Å². The van der Waals surface area contributed by atoms with E-state index in [1.54, 1.807) is 6.92 Å². The molecule has 0 unspecified atom stereocenters. The fourth-order valence-electron chi connectivity index (χ4n) is 0.582. The van der Waals surface area contributed by atoms with Gasteiger partial charge in [-0.1, -0.05) is 0 Å². The van der Waals surface area contributed by atoms with E-state index in [-0.39, 0.29) is 30.8 Å². The summed E-state index contributed by atoms with van der Waals surface area (Å²) >= 11 is 0. The molecule has 1 atom stereocenters. The summed E-state index contributed by atoms with van der Waals surface area (Å²) in [5, 5.41) is 4.80. The van der Waals surface area contributed by atoms with Crippen LogP contribution in [0.5, 0.6) is 0 Å². The molecule has 0 rings (SSSR count). The number of hydrogen-bond acceptors (Lipinski definition) is 3. The zero-order valence-electron chi connectivity index (χ0n) is 7.09. The van der Waals surface area contributed by atoms with Crippen LogP contribution in [0.2, 0.25) is 0 Å². The lowest BCUT2D eigenvalue weighted by Crippen LogP contribution is -2.45. The summed E-state index contributed by atoms with van der Waals surface area (Å²) in [5.41, 5.74) is 5.02. The molecule has 5 nitrogen and oxygen atoms in total. The zero-order valence-corrected chi connectivity index (χ0v) is 7.90. The van der Waals surface area contributed by atoms with E-state index in [0.29, 0.717) is 0 Å². The summed E-state index contributed by atoms with van der Waals surface area (Å²) in [4.78, 5) is 21.4. The first-order valence-corrected chi connectivity index (χ1v) is 3.32. The third-order valence-electron chi connectivity index (χ3n) is 1.20. The highest BCUT2D eigenvalue weighted by Gasteiger charge is 2.11. The SMILES string of the molecule is CNC(=O)[C@@H](C)NC(=O)CN.Cl. The Kier molecular flexibility index (Phi) is 7.88. The number of nitrogens with two attached hydrogens (primary N) is 1. The number of nitrogens with one attached hydrogen (secondary N) is 2. The van der Waals surface area contributed by atoms with E-state index < -0.39 is 6.04 Å². The van der Waals surface area contributed by atoms with Crippen molar-refractivity contribution in [2.75, 3.05) is 13.6 Å². The minimum absolute atomic E-state index is 0. The Labute approximate surface area is 77.5 Å². The summed E-state index contributed by atoms with van der Waals surface area (Å²) in [5.74, 6) is -0.562. The Hall–Kier alpha value is -0.810. The number of amides is 2. The number of carbonyl (C=O) groups is 2. The first-order chi connectivity index (χ1) is 5.11. The Balaban J connectivity index is 0. The molecule has 0 heterocycles. The molecule has 0 bridgehead atoms. The molecule has 0 aliphatic heterocycles. The lowest BCUT2D eigenvalue weighted by Gasteiger charge is -2.10. The normalized spacial score (nSPS) is 10.9. The fraction of sp³-hybridized carbons (Fsp3) is 0.667. The first kappa shape index (κ1) is 13.8. The molecule has 0 saturated heterocycles. The highest BCUT2D eigenvalue weighted by atomic mass is 35.5. The maximum absolute atomic E-state index is 10.8. The average molecular weight is 196 g/mol. The van der Waals surface area contributed by atoms with E-state index in [1.165, 1.54) is 7.05 Å². The molecule has 12 heavy (non-hydrogen) atoms. The molecule has 0 aliphatic carbocycles. The van der Waals surface area contributed by atoms with Crippen LogP contribution in [0.3, 0.4) is 0 Å². The Morgan fingerprint density at radius 1 is 1.50 bits per heavy atom. The Bertz CT molecular complexity index is 163. The molecule has 0 aromatic carbocycles. The van der Waals surface area contributed by atoms with Crippen LogP contribution < -0.4 is 16.4 Å². The maximum atomic E-state index is 10.8. The van der Waals surface area contributed by atoms with Gasteiger partial charge in [0, 0.05) is 7.05 Å². The van der Waals surface area contributed by atoms with Crippen LogP contribution in [0, 0.1) is 0 Å². The number of hydrogen-bond donors (Lipinski definition) is 3. The van der Waals surface area contributed by atoms with Crippen LogP contribution in [0.4, 0.5) is 0 Å². The average Bonchev–Trinajstić information content (AvgIpc) is 2.02. The van der Waals surface area contributed by atoms with Crippen molar-refractivity contribution in [3.63, 3.8) is 0 Å². The van der Waals surface area contributed by atoms with Crippen molar-refractivity contribution in [3.8, 4) is 0 Å². The zero-order chi connectivity index (χ0) is 8.85. The van der Waals surface area contributed by atoms with Crippen LogP contribution in [-0.4, -0.2) is 31.4 Å². The van der Waals surface area contributed by atoms with Gasteiger partial charge in [0.25, 0.3) is 0 Å². The van der Waals surface area contributed by atoms with Gasteiger partial charge in [0.15, 0.2) is 0 Å². The van der Waals surface area contributed by atoms with E-state index in [1.807, 2.05) is 0 Å². The van der Waals surface area contributed by atoms with Gasteiger partial charge in [0.2, 0.25) is 11.8 Å². The van der Waals surface area contributed by atoms with Crippen LogP contribution in [0.15, 0.2) is 0 Å². The Morgan fingerprint density at radius 3 is 2.33 bits per heavy atom. The predicted molar refractivity (Wildman–Crippen MR) is 48.0 cm³/mol. The minimum atomic E-state index is -0.518. The van der Waals surface area contributed by atoms with Crippen molar-refractivity contribution in [1.29, 1.82) is 0 Å². The van der Waals surface area contributed by atoms with Gasteiger partial charge in [-0.15, -0.1) is 12.4 Å². The molecule has 0 radical (unpaired) electrons. The van der Waals surface area contributed by atoms with E-state index >= 15 is 0 Å². The highest BCUT2D eigenvalue weighted by molar-refractivity contribution is 5.87. The molecular weight excluding hydrogens is 182 g/mol. The quantitative estimate of drug-likeness (QED) is 0.519. The fourth-order valence-corrected chi connectivity index (χ4v) is 0.582. The topological polar surface area (TPSA) is 84.2 Å². The highest BCUT2D eigenvalue weighted by Crippen LogP contribution is 1.79. The van der Waals surface area contributed by atoms with Crippen LogP contribution in [0.25, 0.3) is 0 Å². The summed E-state index contributed by atoms with van der Waals surface area (Å²) in [6.45, 7) is 1.49. The second kappa shape index (κ2) is 6.87. The third-order valence-corrected chi connectivity index (χ3v) is 1.20. The molecular formula is C6H14ClN3O2. The summed E-state index contributed by atoms with van der Waals surface area (Å²) < 4.78 is 0.